The molecule has 3 atom stereocenters. The van der Waals surface area contributed by atoms with Gasteiger partial charge in [-0.05, 0) is 36.8 Å². The van der Waals surface area contributed by atoms with Crippen LogP contribution in [-0.4, -0.2) is 26.3 Å². The van der Waals surface area contributed by atoms with Crippen LogP contribution in [0, 0.1) is 18.3 Å². The molecule has 0 spiro atoms. The van der Waals surface area contributed by atoms with Crippen LogP contribution in [0.4, 0.5) is 0 Å². The van der Waals surface area contributed by atoms with Crippen molar-refractivity contribution in [1.29, 1.82) is 5.26 Å². The molecule has 0 aromatic heterocycles. The van der Waals surface area contributed by atoms with Gasteiger partial charge in [-0.2, -0.15) is 5.26 Å². The normalized spacial score (nSPS) is 25.8. The first-order valence-electron chi connectivity index (χ1n) is 7.49. The highest BCUT2D eigenvalue weighted by atomic mass is 32.2. The minimum absolute atomic E-state index is 0.194. The monoisotopic (exact) mass is 342 g/mol. The minimum Gasteiger partial charge on any atom is -0.497 e. The van der Waals surface area contributed by atoms with Gasteiger partial charge in [0.1, 0.15) is 16.5 Å². The summed E-state index contributed by atoms with van der Waals surface area (Å²) < 4.78 is 31.0. The Balaban J connectivity index is 2.00. The van der Waals surface area contributed by atoms with E-state index < -0.39 is 26.5 Å². The van der Waals surface area contributed by atoms with Crippen LogP contribution in [0.2, 0.25) is 0 Å². The van der Waals surface area contributed by atoms with Gasteiger partial charge in [0, 0.05) is 5.92 Å². The third kappa shape index (κ3) is 2.46. The molecule has 2 aromatic rings. The molecule has 1 fully saturated rings. The van der Waals surface area contributed by atoms with E-state index in [1.165, 1.54) is 0 Å². The first kappa shape index (κ1) is 16.5. The van der Waals surface area contributed by atoms with E-state index in [1.807, 2.05) is 13.0 Å². The van der Waals surface area contributed by atoms with Gasteiger partial charge in [0.15, 0.2) is 9.84 Å². The van der Waals surface area contributed by atoms with E-state index in [2.05, 4.69) is 0 Å². The topological polar surface area (TPSA) is 93.2 Å². The molecule has 0 amide bonds. The highest BCUT2D eigenvalue weighted by Crippen LogP contribution is 2.55. The van der Waals surface area contributed by atoms with Crippen LogP contribution < -0.4 is 10.5 Å². The van der Waals surface area contributed by atoms with Crippen LogP contribution in [0.1, 0.15) is 17.0 Å². The van der Waals surface area contributed by atoms with Crippen LogP contribution in [0.25, 0.3) is 0 Å². The quantitative estimate of drug-likeness (QED) is 0.919. The van der Waals surface area contributed by atoms with Gasteiger partial charge in [-0.15, -0.1) is 0 Å². The second-order valence-electron chi connectivity index (χ2n) is 6.07. The van der Waals surface area contributed by atoms with Crippen molar-refractivity contribution in [2.45, 2.75) is 28.5 Å². The molecule has 5 nitrogen and oxygen atoms in total. The van der Waals surface area contributed by atoms with Crippen molar-refractivity contribution >= 4 is 9.84 Å². The molecule has 1 saturated carbocycles. The summed E-state index contributed by atoms with van der Waals surface area (Å²) in [5, 5.41) is 8.51. The van der Waals surface area contributed by atoms with Crippen molar-refractivity contribution in [3.63, 3.8) is 0 Å². The second-order valence-corrected chi connectivity index (χ2v) is 8.14. The lowest BCUT2D eigenvalue weighted by Gasteiger charge is -2.05. The Morgan fingerprint density at radius 2 is 1.71 bits per heavy atom. The van der Waals surface area contributed by atoms with Crippen LogP contribution in [0.15, 0.2) is 53.4 Å². The predicted molar refractivity (Wildman–Crippen MR) is 90.4 cm³/mol. The molecule has 2 aromatic carbocycles. The van der Waals surface area contributed by atoms with Gasteiger partial charge in [0.25, 0.3) is 0 Å². The van der Waals surface area contributed by atoms with Gasteiger partial charge in [0.05, 0.1) is 18.1 Å². The lowest BCUT2D eigenvalue weighted by atomic mass is 10.1. The first-order valence-corrected chi connectivity index (χ1v) is 9.04. The predicted octanol–water partition coefficient (Wildman–Crippen LogP) is 2.16. The van der Waals surface area contributed by atoms with Gasteiger partial charge >= 0.3 is 0 Å². The molecule has 0 bridgehead atoms. The van der Waals surface area contributed by atoms with Crippen molar-refractivity contribution in [1.82, 2.24) is 0 Å². The summed E-state index contributed by atoms with van der Waals surface area (Å²) in [5.41, 5.74) is 6.39. The minimum atomic E-state index is -3.69. The van der Waals surface area contributed by atoms with E-state index in [-0.39, 0.29) is 4.90 Å². The van der Waals surface area contributed by atoms with Gasteiger partial charge in [-0.3, -0.25) is 0 Å². The summed E-state index contributed by atoms with van der Waals surface area (Å²) in [7, 11) is -2.14. The third-order valence-electron chi connectivity index (χ3n) is 4.53. The number of nitriles is 1. The maximum absolute atomic E-state index is 12.9. The molecule has 24 heavy (non-hydrogen) atoms. The maximum atomic E-state index is 12.9. The summed E-state index contributed by atoms with van der Waals surface area (Å²) >= 11 is 0. The zero-order valence-corrected chi connectivity index (χ0v) is 14.2. The Kier molecular flexibility index (Phi) is 3.86. The molecule has 1 aliphatic carbocycles. The number of nitrogens with zero attached hydrogens (tertiary/aromatic N) is 1. The van der Waals surface area contributed by atoms with E-state index in [9.17, 15) is 13.7 Å². The van der Waals surface area contributed by atoms with E-state index in [1.54, 1.807) is 55.6 Å². The average Bonchev–Trinajstić information content (AvgIpc) is 3.23. The van der Waals surface area contributed by atoms with E-state index in [4.69, 9.17) is 10.5 Å². The first-order chi connectivity index (χ1) is 11.3. The Bertz CT molecular complexity index is 899. The van der Waals surface area contributed by atoms with Crippen LogP contribution in [-0.2, 0) is 9.84 Å². The van der Waals surface area contributed by atoms with Gasteiger partial charge in [-0.1, -0.05) is 29.8 Å². The molecule has 0 saturated heterocycles. The number of sulfone groups is 1. The van der Waals surface area contributed by atoms with Crippen LogP contribution >= 0.6 is 0 Å². The molecule has 0 unspecified atom stereocenters. The number of rotatable bonds is 4. The number of hydrogen-bond acceptors (Lipinski definition) is 5. The fourth-order valence-electron chi connectivity index (χ4n) is 3.08. The molecular weight excluding hydrogens is 324 g/mol. The number of benzene rings is 2. The summed E-state index contributed by atoms with van der Waals surface area (Å²) in [4.78, 5) is 0.194. The van der Waals surface area contributed by atoms with E-state index >= 15 is 0 Å². The van der Waals surface area contributed by atoms with Gasteiger partial charge in [-0.25, -0.2) is 8.42 Å². The molecule has 3 rings (SSSR count). The number of ether oxygens (including phenoxy) is 1. The lowest BCUT2D eigenvalue weighted by Crippen LogP contribution is -2.29. The fraction of sp³-hybridized carbons (Fsp3) is 0.278. The SMILES string of the molecule is COc1ccc([C@@H]2[C@@H](S(=O)(=O)c3ccc(C)cc3)[C@@]2(N)C#N)cc1. The molecule has 124 valence electrons. The van der Waals surface area contributed by atoms with E-state index in [0.717, 1.165) is 11.1 Å². The second kappa shape index (κ2) is 5.62. The highest BCUT2D eigenvalue weighted by Gasteiger charge is 2.70. The number of hydrogen-bond donors (Lipinski definition) is 1. The molecule has 6 heteroatoms. The third-order valence-corrected chi connectivity index (χ3v) is 6.79. The molecule has 1 aliphatic rings. The zero-order valence-electron chi connectivity index (χ0n) is 13.4. The summed E-state index contributed by atoms with van der Waals surface area (Å²) in [6.45, 7) is 1.89. The summed E-state index contributed by atoms with van der Waals surface area (Å²) in [5.74, 6) is 0.108. The highest BCUT2D eigenvalue weighted by molar-refractivity contribution is 7.92. The molecular formula is C18H18N2O3S. The lowest BCUT2D eigenvalue weighted by molar-refractivity contribution is 0.414. The zero-order chi connectivity index (χ0) is 17.5. The van der Waals surface area contributed by atoms with Crippen LogP contribution in [0.3, 0.4) is 0 Å². The standard InChI is InChI=1S/C18H18N2O3S/c1-12-3-9-15(10-4-12)24(21,22)17-16(18(17,20)11-19)13-5-7-14(23-2)8-6-13/h3-10,16-17H,20H2,1-2H3/t16-,17-,18-/m1/s1. The molecule has 0 heterocycles. The molecule has 0 radical (unpaired) electrons. The largest absolute Gasteiger partial charge is 0.497 e. The Morgan fingerprint density at radius 3 is 2.21 bits per heavy atom. The molecule has 0 aliphatic heterocycles. The van der Waals surface area contributed by atoms with Crippen molar-refractivity contribution in [2.75, 3.05) is 7.11 Å². The fourth-order valence-corrected chi connectivity index (χ4v) is 5.26. The number of methoxy groups -OCH3 is 1. The maximum Gasteiger partial charge on any atom is 0.184 e. The van der Waals surface area contributed by atoms with E-state index in [0.29, 0.717) is 5.75 Å². The number of aryl methyl sites for hydroxylation is 1. The van der Waals surface area contributed by atoms with Crippen molar-refractivity contribution < 1.29 is 13.2 Å². The Morgan fingerprint density at radius 1 is 1.12 bits per heavy atom. The summed E-state index contributed by atoms with van der Waals surface area (Å²) in [6, 6.07) is 15.6. The van der Waals surface area contributed by atoms with Crippen molar-refractivity contribution in [3.05, 3.63) is 59.7 Å². The average molecular weight is 342 g/mol. The van der Waals surface area contributed by atoms with Crippen molar-refractivity contribution in [2.24, 2.45) is 5.73 Å². The van der Waals surface area contributed by atoms with Gasteiger partial charge in [0.2, 0.25) is 0 Å². The Hall–Kier alpha value is -2.36. The molecule has 2 N–H and O–H groups in total. The van der Waals surface area contributed by atoms with Gasteiger partial charge < -0.3 is 10.5 Å². The summed E-state index contributed by atoms with van der Waals surface area (Å²) in [6.07, 6.45) is 0. The Labute approximate surface area is 141 Å². The smallest absolute Gasteiger partial charge is 0.184 e. The van der Waals surface area contributed by atoms with Crippen LogP contribution in [0.5, 0.6) is 5.75 Å². The van der Waals surface area contributed by atoms with Crippen molar-refractivity contribution in [3.8, 4) is 11.8 Å². The number of nitrogens with two attached hydrogens (primary N) is 1.